The predicted molar refractivity (Wildman–Crippen MR) is 89.5 cm³/mol. The maximum absolute atomic E-state index is 9.17. The van der Waals surface area contributed by atoms with E-state index in [0.29, 0.717) is 0 Å². The molecule has 5 heteroatoms. The van der Waals surface area contributed by atoms with Gasteiger partial charge in [0.1, 0.15) is 0 Å². The Morgan fingerprint density at radius 2 is 1.17 bits per heavy atom. The van der Waals surface area contributed by atoms with Crippen LogP contribution in [-0.2, 0) is 4.79 Å². The number of aliphatic hydroxyl groups excluding tert-OH is 2. The van der Waals surface area contributed by atoms with Gasteiger partial charge in [-0.2, -0.15) is 0 Å². The van der Waals surface area contributed by atoms with E-state index >= 15 is 0 Å². The Hall–Kier alpha value is 0.390. The Morgan fingerprint density at radius 1 is 0.870 bits per heavy atom. The predicted octanol–water partition coefficient (Wildman–Crippen LogP) is 0.191. The molecule has 0 aromatic rings. The van der Waals surface area contributed by atoms with Crippen molar-refractivity contribution in [3.05, 3.63) is 0 Å². The Balaban J connectivity index is -0.000000712. The average Bonchev–Trinajstić information content (AvgIpc) is 2.47. The zero-order valence-corrected chi connectivity index (χ0v) is 17.7. The number of carbonyl (C=O) groups excluding carboxylic acids is 1. The molecule has 1 unspecified atom stereocenters. The molecular weight excluding hydrogens is 303 g/mol. The number of hydrogen-bond donors (Lipinski definition) is 2. The first-order valence-corrected chi connectivity index (χ1v) is 9.01. The summed E-state index contributed by atoms with van der Waals surface area (Å²) in [5.74, 6) is -1.08. The van der Waals surface area contributed by atoms with Crippen molar-refractivity contribution in [3.8, 4) is 0 Å². The molecule has 0 amide bonds. The maximum atomic E-state index is 9.17. The number of hydrogen-bond acceptors (Lipinski definition) is 4. The summed E-state index contributed by atoms with van der Waals surface area (Å²) in [4.78, 5) is 8.89. The van der Waals surface area contributed by atoms with Gasteiger partial charge in [-0.3, -0.25) is 0 Å². The number of carbonyl (C=O) groups is 1. The van der Waals surface area contributed by atoms with Gasteiger partial charge in [-0.05, 0) is 13.3 Å². The molecule has 0 saturated heterocycles. The normalized spacial score (nSPS) is 11.1. The molecule has 0 heterocycles. The second kappa shape index (κ2) is 24.6. The summed E-state index contributed by atoms with van der Waals surface area (Å²) in [6, 6.07) is 0. The minimum Gasteiger partial charge on any atom is -0.550 e. The zero-order valence-electron chi connectivity index (χ0n) is 15.7. The van der Waals surface area contributed by atoms with Gasteiger partial charge in [-0.25, -0.2) is 0 Å². The van der Waals surface area contributed by atoms with Crippen LogP contribution < -0.4 is 34.7 Å². The van der Waals surface area contributed by atoms with Crippen LogP contribution in [0.25, 0.3) is 0 Å². The molecule has 0 rings (SSSR count). The van der Waals surface area contributed by atoms with E-state index in [2.05, 4.69) is 6.92 Å². The molecule has 2 N–H and O–H groups in total. The molecule has 0 saturated carbocycles. The standard InChI is InChI=1S/C16H34O2.C2H4O2.Na/c1-2-3-4-5-6-7-8-9-10-11-12-13-14-16(18)15-17;1-2(3)4;/h16-18H,2-15H2,1H3;1H3,(H,3,4);/q;;+1/p-1. The van der Waals surface area contributed by atoms with Crippen LogP contribution in [0.1, 0.15) is 97.3 Å². The van der Waals surface area contributed by atoms with Crippen molar-refractivity contribution in [1.82, 2.24) is 0 Å². The first kappa shape index (κ1) is 28.2. The summed E-state index contributed by atoms with van der Waals surface area (Å²) in [6.45, 7) is 3.15. The third-order valence-corrected chi connectivity index (χ3v) is 3.60. The molecule has 0 aromatic heterocycles. The minimum atomic E-state index is -1.08. The molecule has 0 radical (unpaired) electrons. The number of rotatable bonds is 14. The smallest absolute Gasteiger partial charge is 0.550 e. The fourth-order valence-corrected chi connectivity index (χ4v) is 2.31. The van der Waals surface area contributed by atoms with E-state index < -0.39 is 12.1 Å². The Morgan fingerprint density at radius 3 is 1.48 bits per heavy atom. The molecule has 0 aliphatic rings. The van der Waals surface area contributed by atoms with E-state index in [9.17, 15) is 0 Å². The summed E-state index contributed by atoms with van der Waals surface area (Å²) >= 11 is 0. The van der Waals surface area contributed by atoms with Crippen LogP contribution in [0, 0.1) is 0 Å². The van der Waals surface area contributed by atoms with Gasteiger partial charge < -0.3 is 20.1 Å². The minimum absolute atomic E-state index is 0. The Bertz CT molecular complexity index is 221. The van der Waals surface area contributed by atoms with Crippen LogP contribution in [-0.4, -0.2) is 28.9 Å². The van der Waals surface area contributed by atoms with Crippen molar-refractivity contribution in [2.75, 3.05) is 6.61 Å². The molecule has 0 aliphatic heterocycles. The second-order valence-electron chi connectivity index (χ2n) is 6.01. The van der Waals surface area contributed by atoms with E-state index in [4.69, 9.17) is 20.1 Å². The van der Waals surface area contributed by atoms with E-state index in [1.54, 1.807) is 0 Å². The van der Waals surface area contributed by atoms with Crippen molar-refractivity contribution >= 4 is 5.97 Å². The van der Waals surface area contributed by atoms with Crippen molar-refractivity contribution < 1.29 is 49.7 Å². The van der Waals surface area contributed by atoms with Crippen molar-refractivity contribution in [2.45, 2.75) is 103 Å². The summed E-state index contributed by atoms with van der Waals surface area (Å²) in [7, 11) is 0. The summed E-state index contributed by atoms with van der Waals surface area (Å²) in [5.41, 5.74) is 0. The van der Waals surface area contributed by atoms with Crippen LogP contribution in [0.15, 0.2) is 0 Å². The fourth-order valence-electron chi connectivity index (χ4n) is 2.31. The second-order valence-corrected chi connectivity index (χ2v) is 6.01. The Kier molecular flexibility index (Phi) is 30.2. The van der Waals surface area contributed by atoms with Gasteiger partial charge in [0.05, 0.1) is 12.7 Å². The monoisotopic (exact) mass is 340 g/mol. The maximum Gasteiger partial charge on any atom is 1.00 e. The molecule has 4 nitrogen and oxygen atoms in total. The number of aliphatic carboxylic acids is 1. The first-order chi connectivity index (χ1) is 10.5. The molecule has 0 aliphatic carbocycles. The molecule has 0 bridgehead atoms. The number of carboxylic acid groups (broad SMARTS) is 1. The average molecular weight is 340 g/mol. The topological polar surface area (TPSA) is 80.6 Å². The van der Waals surface area contributed by atoms with Gasteiger partial charge in [-0.15, -0.1) is 0 Å². The quantitative estimate of drug-likeness (QED) is 0.349. The number of carboxylic acids is 1. The van der Waals surface area contributed by atoms with E-state index in [-0.39, 0.29) is 36.2 Å². The van der Waals surface area contributed by atoms with E-state index in [1.807, 2.05) is 0 Å². The number of unbranched alkanes of at least 4 members (excludes halogenated alkanes) is 11. The van der Waals surface area contributed by atoms with Gasteiger partial charge in [0.2, 0.25) is 0 Å². The molecular formula is C18H37NaO4. The summed E-state index contributed by atoms with van der Waals surface area (Å²) in [5, 5.41) is 26.7. The van der Waals surface area contributed by atoms with Crippen molar-refractivity contribution in [2.24, 2.45) is 0 Å². The van der Waals surface area contributed by atoms with Gasteiger partial charge in [-0.1, -0.05) is 84.0 Å². The zero-order chi connectivity index (χ0) is 17.1. The van der Waals surface area contributed by atoms with Crippen LogP contribution in [0.4, 0.5) is 0 Å². The van der Waals surface area contributed by atoms with Crippen molar-refractivity contribution in [3.63, 3.8) is 0 Å². The summed E-state index contributed by atoms with van der Waals surface area (Å²) in [6.07, 6.45) is 16.3. The van der Waals surface area contributed by atoms with Crippen molar-refractivity contribution in [1.29, 1.82) is 0 Å². The van der Waals surface area contributed by atoms with Crippen LogP contribution >= 0.6 is 0 Å². The SMILES string of the molecule is CC(=O)[O-].CCCCCCCCCCCCCCC(O)CO.[Na+]. The van der Waals surface area contributed by atoms with Gasteiger partial charge >= 0.3 is 29.6 Å². The molecule has 134 valence electrons. The Labute approximate surface area is 165 Å². The largest absolute Gasteiger partial charge is 1.00 e. The van der Waals surface area contributed by atoms with Gasteiger partial charge in [0.15, 0.2) is 0 Å². The molecule has 0 aromatic carbocycles. The molecule has 1 atom stereocenters. The van der Waals surface area contributed by atoms with Crippen LogP contribution in [0.2, 0.25) is 0 Å². The molecule has 0 fully saturated rings. The third kappa shape index (κ3) is 34.7. The summed E-state index contributed by atoms with van der Waals surface area (Å²) < 4.78 is 0. The molecule has 0 spiro atoms. The van der Waals surface area contributed by atoms with Crippen LogP contribution in [0.3, 0.4) is 0 Å². The van der Waals surface area contributed by atoms with E-state index in [1.165, 1.54) is 70.6 Å². The number of aliphatic hydroxyl groups is 2. The van der Waals surface area contributed by atoms with Gasteiger partial charge in [0.25, 0.3) is 0 Å². The fraction of sp³-hybridized carbons (Fsp3) is 0.944. The first-order valence-electron chi connectivity index (χ1n) is 9.01. The third-order valence-electron chi connectivity index (χ3n) is 3.60. The molecule has 23 heavy (non-hydrogen) atoms. The van der Waals surface area contributed by atoms with Gasteiger partial charge in [0, 0.05) is 5.97 Å². The van der Waals surface area contributed by atoms with E-state index in [0.717, 1.165) is 19.8 Å². The van der Waals surface area contributed by atoms with Crippen LogP contribution in [0.5, 0.6) is 0 Å².